The maximum absolute atomic E-state index is 13.8. The van der Waals surface area contributed by atoms with Gasteiger partial charge in [-0.15, -0.1) is 0 Å². The number of pyridine rings is 1. The molecule has 1 saturated heterocycles. The van der Waals surface area contributed by atoms with E-state index in [0.29, 0.717) is 18.7 Å². The molecule has 0 unspecified atom stereocenters. The van der Waals surface area contributed by atoms with Gasteiger partial charge in [-0.2, -0.15) is 4.31 Å². The van der Waals surface area contributed by atoms with Gasteiger partial charge in [0.2, 0.25) is 10.0 Å². The lowest BCUT2D eigenvalue weighted by Gasteiger charge is -2.38. The standard InChI is InChI=1S/C25H30ClN3O3S/c1-32-19-18-29(33(30,31)24-6-2-4-21-5-3-14-27-25(21)24)23-12-16-28(17-13-23)15-11-20-7-9-22(26)10-8-20/h2-10,14,23H,11-13,15-19H2,1H3. The van der Waals surface area contributed by atoms with E-state index in [1.54, 1.807) is 29.7 Å². The number of piperidine rings is 1. The fourth-order valence-corrected chi connectivity index (χ4v) is 6.42. The van der Waals surface area contributed by atoms with Crippen molar-refractivity contribution >= 4 is 32.5 Å². The molecule has 3 aromatic rings. The third-order valence-electron chi connectivity index (χ3n) is 6.29. The summed E-state index contributed by atoms with van der Waals surface area (Å²) in [4.78, 5) is 7.05. The average molecular weight is 488 g/mol. The van der Waals surface area contributed by atoms with Gasteiger partial charge in [0.15, 0.2) is 0 Å². The highest BCUT2D eigenvalue weighted by molar-refractivity contribution is 7.89. The van der Waals surface area contributed by atoms with Crippen LogP contribution in [0.1, 0.15) is 18.4 Å². The zero-order valence-electron chi connectivity index (χ0n) is 18.9. The topological polar surface area (TPSA) is 62.7 Å². The van der Waals surface area contributed by atoms with Crippen LogP contribution in [0.4, 0.5) is 0 Å². The van der Waals surface area contributed by atoms with E-state index in [-0.39, 0.29) is 10.9 Å². The lowest BCUT2D eigenvalue weighted by atomic mass is 10.0. The maximum atomic E-state index is 13.8. The molecule has 0 amide bonds. The van der Waals surface area contributed by atoms with E-state index in [4.69, 9.17) is 16.3 Å². The summed E-state index contributed by atoms with van der Waals surface area (Å²) in [5, 5.41) is 1.57. The summed E-state index contributed by atoms with van der Waals surface area (Å²) in [6, 6.07) is 16.9. The number of methoxy groups -OCH3 is 1. The summed E-state index contributed by atoms with van der Waals surface area (Å²) in [5.41, 5.74) is 1.78. The van der Waals surface area contributed by atoms with Gasteiger partial charge in [0.1, 0.15) is 4.90 Å². The van der Waals surface area contributed by atoms with E-state index in [1.165, 1.54) is 5.56 Å². The molecule has 2 heterocycles. The largest absolute Gasteiger partial charge is 0.383 e. The van der Waals surface area contributed by atoms with Crippen LogP contribution in [-0.4, -0.2) is 68.5 Å². The number of likely N-dealkylation sites (tertiary alicyclic amines) is 1. The zero-order chi connectivity index (χ0) is 23.3. The molecule has 6 nitrogen and oxygen atoms in total. The first kappa shape index (κ1) is 24.1. The number of halogens is 1. The fraction of sp³-hybridized carbons (Fsp3) is 0.400. The van der Waals surface area contributed by atoms with Crippen molar-refractivity contribution in [1.29, 1.82) is 0 Å². The first-order chi connectivity index (χ1) is 16.0. The van der Waals surface area contributed by atoms with Crippen molar-refractivity contribution in [2.45, 2.75) is 30.2 Å². The predicted octanol–water partition coefficient (Wildman–Crippen LogP) is 4.23. The molecular weight excluding hydrogens is 458 g/mol. The Morgan fingerprint density at radius 2 is 1.82 bits per heavy atom. The SMILES string of the molecule is COCCN(C1CCN(CCc2ccc(Cl)cc2)CC1)S(=O)(=O)c1cccc2cccnc12. The van der Waals surface area contributed by atoms with Crippen molar-refractivity contribution < 1.29 is 13.2 Å². The number of hydrogen-bond acceptors (Lipinski definition) is 5. The fourth-order valence-electron chi connectivity index (χ4n) is 4.46. The third-order valence-corrected chi connectivity index (χ3v) is 8.53. The van der Waals surface area contributed by atoms with Crippen molar-refractivity contribution in [1.82, 2.24) is 14.2 Å². The lowest BCUT2D eigenvalue weighted by Crippen LogP contribution is -2.48. The molecule has 0 atom stereocenters. The van der Waals surface area contributed by atoms with Crippen LogP contribution in [0.15, 0.2) is 65.7 Å². The number of ether oxygens (including phenoxy) is 1. The molecule has 1 aliphatic heterocycles. The molecule has 0 N–H and O–H groups in total. The Morgan fingerprint density at radius 3 is 2.55 bits per heavy atom. The van der Waals surface area contributed by atoms with Crippen LogP contribution in [0, 0.1) is 0 Å². The molecule has 33 heavy (non-hydrogen) atoms. The molecule has 4 rings (SSSR count). The molecule has 1 aromatic heterocycles. The number of fused-ring (bicyclic) bond motifs is 1. The van der Waals surface area contributed by atoms with Crippen LogP contribution >= 0.6 is 11.6 Å². The van der Waals surface area contributed by atoms with E-state index in [2.05, 4.69) is 22.0 Å². The Bertz CT molecular complexity index is 1160. The van der Waals surface area contributed by atoms with Gasteiger partial charge in [-0.1, -0.05) is 41.9 Å². The number of hydrogen-bond donors (Lipinski definition) is 0. The number of rotatable bonds is 9. The molecule has 0 aliphatic carbocycles. The summed E-state index contributed by atoms with van der Waals surface area (Å²) < 4.78 is 34.4. The molecule has 8 heteroatoms. The highest BCUT2D eigenvalue weighted by Gasteiger charge is 2.34. The van der Waals surface area contributed by atoms with Gasteiger partial charge in [-0.05, 0) is 62.2 Å². The van der Waals surface area contributed by atoms with Gasteiger partial charge in [-0.3, -0.25) is 4.98 Å². The van der Waals surface area contributed by atoms with Gasteiger partial charge >= 0.3 is 0 Å². The van der Waals surface area contributed by atoms with Crippen molar-refractivity contribution in [3.63, 3.8) is 0 Å². The van der Waals surface area contributed by atoms with Crippen molar-refractivity contribution in [2.75, 3.05) is 39.9 Å². The second kappa shape index (κ2) is 10.9. The van der Waals surface area contributed by atoms with Crippen LogP contribution < -0.4 is 0 Å². The summed E-state index contributed by atoms with van der Waals surface area (Å²) in [6.45, 7) is 3.37. The monoisotopic (exact) mass is 487 g/mol. The summed E-state index contributed by atoms with van der Waals surface area (Å²) in [5.74, 6) is 0. The first-order valence-electron chi connectivity index (χ1n) is 11.3. The van der Waals surface area contributed by atoms with E-state index in [1.807, 2.05) is 30.3 Å². The summed E-state index contributed by atoms with van der Waals surface area (Å²) >= 11 is 5.98. The molecule has 0 spiro atoms. The van der Waals surface area contributed by atoms with E-state index in [9.17, 15) is 8.42 Å². The smallest absolute Gasteiger partial charge is 0.245 e. The quantitative estimate of drug-likeness (QED) is 0.452. The molecule has 0 saturated carbocycles. The van der Waals surface area contributed by atoms with E-state index < -0.39 is 10.0 Å². The highest BCUT2D eigenvalue weighted by atomic mass is 35.5. The minimum Gasteiger partial charge on any atom is -0.383 e. The minimum atomic E-state index is -3.72. The Labute approximate surface area is 201 Å². The van der Waals surface area contributed by atoms with Crippen molar-refractivity contribution in [3.05, 3.63) is 71.4 Å². The molecule has 0 bridgehead atoms. The van der Waals surface area contributed by atoms with Gasteiger partial charge in [0.05, 0.1) is 12.1 Å². The van der Waals surface area contributed by atoms with Crippen LogP contribution in [0.5, 0.6) is 0 Å². The molecular formula is C25H30ClN3O3S. The van der Waals surface area contributed by atoms with Crippen molar-refractivity contribution in [2.24, 2.45) is 0 Å². The van der Waals surface area contributed by atoms with Crippen LogP contribution in [0.2, 0.25) is 5.02 Å². The number of benzene rings is 2. The molecule has 176 valence electrons. The summed E-state index contributed by atoms with van der Waals surface area (Å²) in [7, 11) is -2.12. The summed E-state index contributed by atoms with van der Waals surface area (Å²) in [6.07, 6.45) is 4.18. The number of aromatic nitrogens is 1. The minimum absolute atomic E-state index is 0.0594. The second-order valence-corrected chi connectivity index (χ2v) is 10.7. The van der Waals surface area contributed by atoms with Gasteiger partial charge in [-0.25, -0.2) is 8.42 Å². The van der Waals surface area contributed by atoms with Crippen LogP contribution in [0.3, 0.4) is 0 Å². The number of para-hydroxylation sites is 1. The van der Waals surface area contributed by atoms with Gasteiger partial charge in [0, 0.05) is 42.8 Å². The Hall–Kier alpha value is -2.03. The zero-order valence-corrected chi connectivity index (χ0v) is 20.4. The van der Waals surface area contributed by atoms with Gasteiger partial charge in [0.25, 0.3) is 0 Å². The van der Waals surface area contributed by atoms with E-state index in [0.717, 1.165) is 49.3 Å². The second-order valence-electron chi connectivity index (χ2n) is 8.39. The van der Waals surface area contributed by atoms with E-state index >= 15 is 0 Å². The Balaban J connectivity index is 1.47. The number of sulfonamides is 1. The highest BCUT2D eigenvalue weighted by Crippen LogP contribution is 2.28. The maximum Gasteiger partial charge on any atom is 0.245 e. The van der Waals surface area contributed by atoms with Crippen molar-refractivity contribution in [3.8, 4) is 0 Å². The normalized spacial score (nSPS) is 16.0. The Kier molecular flexibility index (Phi) is 7.98. The average Bonchev–Trinajstić information content (AvgIpc) is 2.84. The molecule has 2 aromatic carbocycles. The van der Waals surface area contributed by atoms with Gasteiger partial charge < -0.3 is 9.64 Å². The third kappa shape index (κ3) is 5.73. The Morgan fingerprint density at radius 1 is 1.09 bits per heavy atom. The predicted molar refractivity (Wildman–Crippen MR) is 132 cm³/mol. The number of nitrogens with zero attached hydrogens (tertiary/aromatic N) is 3. The first-order valence-corrected chi connectivity index (χ1v) is 13.1. The molecule has 1 aliphatic rings. The molecule has 0 radical (unpaired) electrons. The van der Waals surface area contributed by atoms with Crippen LogP contribution in [-0.2, 0) is 21.2 Å². The molecule has 1 fully saturated rings. The van der Waals surface area contributed by atoms with Crippen LogP contribution in [0.25, 0.3) is 10.9 Å². The lowest BCUT2D eigenvalue weighted by molar-refractivity contribution is 0.128.